The van der Waals surface area contributed by atoms with Gasteiger partial charge in [0.1, 0.15) is 30.3 Å². The van der Waals surface area contributed by atoms with Crippen LogP contribution in [0.4, 0.5) is 0 Å². The number of carboxylic acids is 1. The van der Waals surface area contributed by atoms with Gasteiger partial charge in [0.25, 0.3) is 0 Å². The van der Waals surface area contributed by atoms with Gasteiger partial charge in [0.05, 0.1) is 0 Å². The fourth-order valence-corrected chi connectivity index (χ4v) is 1.98. The Morgan fingerprint density at radius 3 is 2.45 bits per heavy atom. The van der Waals surface area contributed by atoms with Crippen molar-refractivity contribution in [3.05, 3.63) is 58.6 Å². The number of ether oxygens (including phenoxy) is 2. The Morgan fingerprint density at radius 2 is 1.75 bits per heavy atom. The van der Waals surface area contributed by atoms with Crippen molar-refractivity contribution in [3.63, 3.8) is 0 Å². The van der Waals surface area contributed by atoms with Crippen molar-refractivity contribution in [1.29, 1.82) is 0 Å². The highest BCUT2D eigenvalue weighted by Gasteiger charge is 2.11. The van der Waals surface area contributed by atoms with Crippen LogP contribution in [0.2, 0.25) is 0 Å². The molecule has 20 heavy (non-hydrogen) atoms. The van der Waals surface area contributed by atoms with Crippen LogP contribution in [0.5, 0.6) is 11.5 Å². The highest BCUT2D eigenvalue weighted by Crippen LogP contribution is 2.23. The van der Waals surface area contributed by atoms with Crippen LogP contribution in [0, 0.1) is 0 Å². The van der Waals surface area contributed by atoms with Gasteiger partial charge in [0.2, 0.25) is 0 Å². The molecule has 0 spiro atoms. The lowest BCUT2D eigenvalue weighted by molar-refractivity contribution is 0.0691. The first kappa shape index (κ1) is 14.4. The molecule has 0 radical (unpaired) electrons. The maximum atomic E-state index is 11.1. The molecule has 1 N–H and O–H groups in total. The number of para-hydroxylation sites is 1. The number of hydrogen-bond acceptors (Lipinski definition) is 3. The second-order valence-corrected chi connectivity index (χ2v) is 4.87. The third-order valence-electron chi connectivity index (χ3n) is 2.52. The van der Waals surface area contributed by atoms with E-state index in [4.69, 9.17) is 14.6 Å². The van der Waals surface area contributed by atoms with Gasteiger partial charge in [-0.25, -0.2) is 4.79 Å². The molecule has 2 rings (SSSR count). The van der Waals surface area contributed by atoms with E-state index in [1.807, 2.05) is 30.3 Å². The molecule has 104 valence electrons. The fraction of sp³-hybridized carbons (Fsp3) is 0.133. The maximum absolute atomic E-state index is 11.1. The van der Waals surface area contributed by atoms with Gasteiger partial charge in [0, 0.05) is 4.47 Å². The molecule has 0 unspecified atom stereocenters. The first-order chi connectivity index (χ1) is 9.66. The van der Waals surface area contributed by atoms with Crippen molar-refractivity contribution in [2.24, 2.45) is 0 Å². The van der Waals surface area contributed by atoms with Crippen LogP contribution in [0.1, 0.15) is 10.4 Å². The third kappa shape index (κ3) is 3.99. The van der Waals surface area contributed by atoms with E-state index in [0.29, 0.717) is 16.8 Å². The molecule has 0 heterocycles. The predicted molar refractivity (Wildman–Crippen MR) is 78.5 cm³/mol. The minimum atomic E-state index is -1.02. The summed E-state index contributed by atoms with van der Waals surface area (Å²) in [5, 5.41) is 9.09. The molecule has 0 saturated heterocycles. The minimum Gasteiger partial charge on any atom is -0.490 e. The summed E-state index contributed by atoms with van der Waals surface area (Å²) >= 11 is 3.23. The van der Waals surface area contributed by atoms with Gasteiger partial charge >= 0.3 is 5.97 Å². The summed E-state index contributed by atoms with van der Waals surface area (Å²) in [5.74, 6) is 0.0630. The van der Waals surface area contributed by atoms with Gasteiger partial charge in [0.15, 0.2) is 0 Å². The smallest absolute Gasteiger partial charge is 0.339 e. The Morgan fingerprint density at radius 1 is 1.05 bits per heavy atom. The molecule has 0 aromatic heterocycles. The lowest BCUT2D eigenvalue weighted by Crippen LogP contribution is -2.11. The Labute approximate surface area is 125 Å². The first-order valence-corrected chi connectivity index (χ1v) is 6.79. The lowest BCUT2D eigenvalue weighted by atomic mass is 10.2. The molecule has 0 amide bonds. The Balaban J connectivity index is 1.90. The molecule has 4 nitrogen and oxygen atoms in total. The van der Waals surface area contributed by atoms with Crippen molar-refractivity contribution in [2.75, 3.05) is 13.2 Å². The van der Waals surface area contributed by atoms with Crippen LogP contribution < -0.4 is 9.47 Å². The molecule has 0 saturated carbocycles. The predicted octanol–water partition coefficient (Wildman–Crippen LogP) is 3.61. The standard InChI is InChI=1S/C15H13BrO4/c16-11-6-7-14(13(10-11)15(17)18)20-9-8-19-12-4-2-1-3-5-12/h1-7,10H,8-9H2,(H,17,18). The molecule has 5 heteroatoms. The number of aromatic carboxylic acids is 1. The van der Waals surface area contributed by atoms with E-state index in [1.54, 1.807) is 12.1 Å². The second kappa shape index (κ2) is 6.96. The molecular formula is C15H13BrO4. The van der Waals surface area contributed by atoms with Gasteiger partial charge in [-0.1, -0.05) is 34.1 Å². The van der Waals surface area contributed by atoms with Crippen LogP contribution in [0.25, 0.3) is 0 Å². The van der Waals surface area contributed by atoms with Crippen LogP contribution in [0.3, 0.4) is 0 Å². The van der Waals surface area contributed by atoms with Crippen LogP contribution in [-0.4, -0.2) is 24.3 Å². The molecule has 0 aliphatic carbocycles. The van der Waals surface area contributed by atoms with Gasteiger partial charge in [-0.05, 0) is 30.3 Å². The molecule has 2 aromatic rings. The fourth-order valence-electron chi connectivity index (χ4n) is 1.62. The number of carboxylic acid groups (broad SMARTS) is 1. The summed E-state index contributed by atoms with van der Waals surface area (Å²) in [6.07, 6.45) is 0. The molecule has 0 atom stereocenters. The van der Waals surface area contributed by atoms with Gasteiger partial charge in [-0.15, -0.1) is 0 Å². The maximum Gasteiger partial charge on any atom is 0.339 e. The van der Waals surface area contributed by atoms with Crippen molar-refractivity contribution in [2.45, 2.75) is 0 Å². The highest BCUT2D eigenvalue weighted by molar-refractivity contribution is 9.10. The molecule has 0 fully saturated rings. The van der Waals surface area contributed by atoms with E-state index in [2.05, 4.69) is 15.9 Å². The van der Waals surface area contributed by atoms with Crippen LogP contribution >= 0.6 is 15.9 Å². The lowest BCUT2D eigenvalue weighted by Gasteiger charge is -2.10. The number of halogens is 1. The van der Waals surface area contributed by atoms with E-state index in [-0.39, 0.29) is 12.2 Å². The average molecular weight is 337 g/mol. The molecule has 0 bridgehead atoms. The van der Waals surface area contributed by atoms with Crippen molar-refractivity contribution in [3.8, 4) is 11.5 Å². The second-order valence-electron chi connectivity index (χ2n) is 3.96. The van der Waals surface area contributed by atoms with E-state index >= 15 is 0 Å². The molecule has 2 aromatic carbocycles. The molecular weight excluding hydrogens is 324 g/mol. The van der Waals surface area contributed by atoms with Gasteiger partial charge < -0.3 is 14.6 Å². The summed E-state index contributed by atoms with van der Waals surface area (Å²) in [4.78, 5) is 11.1. The average Bonchev–Trinajstić information content (AvgIpc) is 2.45. The van der Waals surface area contributed by atoms with Crippen LogP contribution in [-0.2, 0) is 0 Å². The Bertz CT molecular complexity index is 584. The normalized spacial score (nSPS) is 10.1. The van der Waals surface area contributed by atoms with E-state index in [1.165, 1.54) is 6.07 Å². The first-order valence-electron chi connectivity index (χ1n) is 6.00. The number of carbonyl (C=O) groups is 1. The minimum absolute atomic E-state index is 0.124. The summed E-state index contributed by atoms with van der Waals surface area (Å²) in [7, 11) is 0. The van der Waals surface area contributed by atoms with E-state index < -0.39 is 5.97 Å². The zero-order valence-corrected chi connectivity index (χ0v) is 12.2. The largest absolute Gasteiger partial charge is 0.490 e. The summed E-state index contributed by atoms with van der Waals surface area (Å²) in [6, 6.07) is 14.2. The SMILES string of the molecule is O=C(O)c1cc(Br)ccc1OCCOc1ccccc1. The van der Waals surface area contributed by atoms with E-state index in [0.717, 1.165) is 5.75 Å². The number of hydrogen-bond donors (Lipinski definition) is 1. The van der Waals surface area contributed by atoms with Crippen molar-refractivity contribution >= 4 is 21.9 Å². The summed E-state index contributed by atoms with van der Waals surface area (Å²) in [6.45, 7) is 0.621. The number of benzene rings is 2. The Kier molecular flexibility index (Phi) is 5.01. The van der Waals surface area contributed by atoms with E-state index in [9.17, 15) is 4.79 Å². The molecule has 0 aliphatic heterocycles. The van der Waals surface area contributed by atoms with Gasteiger partial charge in [-0.3, -0.25) is 0 Å². The summed E-state index contributed by atoms with van der Waals surface area (Å²) in [5.41, 5.74) is 0.124. The van der Waals surface area contributed by atoms with Crippen LogP contribution in [0.15, 0.2) is 53.0 Å². The van der Waals surface area contributed by atoms with Crippen molar-refractivity contribution in [1.82, 2.24) is 0 Å². The monoisotopic (exact) mass is 336 g/mol. The zero-order chi connectivity index (χ0) is 14.4. The molecule has 0 aliphatic rings. The quantitative estimate of drug-likeness (QED) is 0.819. The van der Waals surface area contributed by atoms with Gasteiger partial charge in [-0.2, -0.15) is 0 Å². The highest BCUT2D eigenvalue weighted by atomic mass is 79.9. The zero-order valence-electron chi connectivity index (χ0n) is 10.6. The summed E-state index contributed by atoms with van der Waals surface area (Å²) < 4.78 is 11.6. The topological polar surface area (TPSA) is 55.8 Å². The number of rotatable bonds is 6. The Hall–Kier alpha value is -2.01. The third-order valence-corrected chi connectivity index (χ3v) is 3.02. The van der Waals surface area contributed by atoms with Crippen molar-refractivity contribution < 1.29 is 19.4 Å².